The third-order valence-electron chi connectivity index (χ3n) is 5.02. The first-order chi connectivity index (χ1) is 12.5. The number of hydrogen-bond donors (Lipinski definition) is 1. The minimum Gasteiger partial charge on any atom is -0.351 e. The molecule has 3 rings (SSSR count). The van der Waals surface area contributed by atoms with Crippen LogP contribution in [0, 0.1) is 5.92 Å². The summed E-state index contributed by atoms with van der Waals surface area (Å²) in [5, 5.41) is 3.06. The second-order valence-electron chi connectivity index (χ2n) is 7.11. The SMILES string of the molecule is CC(=O)N1CCc2cc(C(=O)NCC(c3cccnc3)C(C)C)ccc21. The third-order valence-corrected chi connectivity index (χ3v) is 5.02. The summed E-state index contributed by atoms with van der Waals surface area (Å²) in [6.07, 6.45) is 4.41. The average molecular weight is 351 g/mol. The van der Waals surface area contributed by atoms with Gasteiger partial charge in [0.2, 0.25) is 5.91 Å². The van der Waals surface area contributed by atoms with Crippen molar-refractivity contribution in [2.75, 3.05) is 18.0 Å². The van der Waals surface area contributed by atoms with E-state index in [1.165, 1.54) is 0 Å². The van der Waals surface area contributed by atoms with Crippen LogP contribution in [0.1, 0.15) is 48.2 Å². The Morgan fingerprint density at radius 2 is 2.08 bits per heavy atom. The van der Waals surface area contributed by atoms with Gasteiger partial charge in [-0.3, -0.25) is 14.6 Å². The summed E-state index contributed by atoms with van der Waals surface area (Å²) in [5.74, 6) is 0.569. The summed E-state index contributed by atoms with van der Waals surface area (Å²) < 4.78 is 0. The first-order valence-electron chi connectivity index (χ1n) is 9.06. The zero-order valence-electron chi connectivity index (χ0n) is 15.5. The number of aromatic nitrogens is 1. The van der Waals surface area contributed by atoms with E-state index in [4.69, 9.17) is 0 Å². The minimum atomic E-state index is -0.0800. The molecule has 0 bridgehead atoms. The standard InChI is InChI=1S/C21H25N3O2/c1-14(2)19(18-5-4-9-22-12-18)13-23-21(26)17-6-7-20-16(11-17)8-10-24(20)15(3)25/h4-7,9,11-12,14,19H,8,10,13H2,1-3H3,(H,23,26). The number of nitrogens with one attached hydrogen (secondary N) is 1. The maximum atomic E-state index is 12.6. The van der Waals surface area contributed by atoms with Gasteiger partial charge in [0.1, 0.15) is 0 Å². The number of pyridine rings is 1. The summed E-state index contributed by atoms with van der Waals surface area (Å²) in [6, 6.07) is 9.55. The molecule has 1 aliphatic rings. The van der Waals surface area contributed by atoms with Crippen LogP contribution in [0.3, 0.4) is 0 Å². The van der Waals surface area contributed by atoms with E-state index in [1.807, 2.05) is 24.4 Å². The Labute approximate surface area is 154 Å². The van der Waals surface area contributed by atoms with Crippen molar-refractivity contribution in [3.05, 3.63) is 59.4 Å². The van der Waals surface area contributed by atoms with Crippen molar-refractivity contribution in [3.63, 3.8) is 0 Å². The van der Waals surface area contributed by atoms with Gasteiger partial charge in [-0.2, -0.15) is 0 Å². The van der Waals surface area contributed by atoms with E-state index < -0.39 is 0 Å². The molecule has 5 heteroatoms. The van der Waals surface area contributed by atoms with Crippen molar-refractivity contribution in [3.8, 4) is 0 Å². The van der Waals surface area contributed by atoms with Crippen LogP contribution in [0.15, 0.2) is 42.7 Å². The van der Waals surface area contributed by atoms with Gasteiger partial charge in [0.05, 0.1) is 0 Å². The van der Waals surface area contributed by atoms with E-state index in [1.54, 1.807) is 24.1 Å². The molecule has 2 aromatic rings. The summed E-state index contributed by atoms with van der Waals surface area (Å²) in [6.45, 7) is 7.12. The maximum Gasteiger partial charge on any atom is 0.251 e. The number of anilines is 1. The molecule has 136 valence electrons. The van der Waals surface area contributed by atoms with Gasteiger partial charge in [0.15, 0.2) is 0 Å². The molecule has 1 aromatic heterocycles. The van der Waals surface area contributed by atoms with Crippen LogP contribution in [-0.2, 0) is 11.2 Å². The van der Waals surface area contributed by atoms with Crippen molar-refractivity contribution in [1.29, 1.82) is 0 Å². The van der Waals surface area contributed by atoms with Gasteiger partial charge in [0.25, 0.3) is 5.91 Å². The molecule has 1 aromatic carbocycles. The molecule has 0 radical (unpaired) electrons. The molecule has 2 heterocycles. The quantitative estimate of drug-likeness (QED) is 0.900. The fourth-order valence-corrected chi connectivity index (χ4v) is 3.51. The summed E-state index contributed by atoms with van der Waals surface area (Å²) >= 11 is 0. The van der Waals surface area contributed by atoms with Crippen molar-refractivity contribution in [2.45, 2.75) is 33.1 Å². The Balaban J connectivity index is 1.70. The fraction of sp³-hybridized carbons (Fsp3) is 0.381. The number of amides is 2. The van der Waals surface area contributed by atoms with E-state index in [0.717, 1.165) is 23.2 Å². The smallest absolute Gasteiger partial charge is 0.251 e. The Hall–Kier alpha value is -2.69. The monoisotopic (exact) mass is 351 g/mol. The third kappa shape index (κ3) is 3.77. The van der Waals surface area contributed by atoms with Gasteiger partial charge in [0, 0.05) is 49.6 Å². The molecule has 26 heavy (non-hydrogen) atoms. The maximum absolute atomic E-state index is 12.6. The van der Waals surface area contributed by atoms with Crippen molar-refractivity contribution < 1.29 is 9.59 Å². The van der Waals surface area contributed by atoms with Crippen LogP contribution >= 0.6 is 0 Å². The lowest BCUT2D eigenvalue weighted by molar-refractivity contribution is -0.116. The van der Waals surface area contributed by atoms with Gasteiger partial charge < -0.3 is 10.2 Å². The van der Waals surface area contributed by atoms with Gasteiger partial charge in [-0.1, -0.05) is 19.9 Å². The Bertz CT molecular complexity index is 802. The van der Waals surface area contributed by atoms with Crippen LogP contribution in [-0.4, -0.2) is 29.9 Å². The second-order valence-corrected chi connectivity index (χ2v) is 7.11. The van der Waals surface area contributed by atoms with Crippen LogP contribution in [0.25, 0.3) is 0 Å². The molecule has 0 spiro atoms. The topological polar surface area (TPSA) is 62.3 Å². The molecule has 2 amide bonds. The van der Waals surface area contributed by atoms with Gasteiger partial charge in [-0.25, -0.2) is 0 Å². The number of benzene rings is 1. The number of hydrogen-bond acceptors (Lipinski definition) is 3. The van der Waals surface area contributed by atoms with E-state index in [2.05, 4.69) is 30.2 Å². The lowest BCUT2D eigenvalue weighted by atomic mass is 9.89. The van der Waals surface area contributed by atoms with Crippen molar-refractivity contribution >= 4 is 17.5 Å². The van der Waals surface area contributed by atoms with Gasteiger partial charge >= 0.3 is 0 Å². The Morgan fingerprint density at radius 3 is 2.73 bits per heavy atom. The molecule has 0 saturated heterocycles. The van der Waals surface area contributed by atoms with E-state index in [0.29, 0.717) is 24.6 Å². The van der Waals surface area contributed by atoms with E-state index in [9.17, 15) is 9.59 Å². The van der Waals surface area contributed by atoms with Crippen LogP contribution < -0.4 is 10.2 Å². The largest absolute Gasteiger partial charge is 0.351 e. The summed E-state index contributed by atoms with van der Waals surface area (Å²) in [7, 11) is 0. The Morgan fingerprint density at radius 1 is 1.27 bits per heavy atom. The minimum absolute atomic E-state index is 0.0391. The summed E-state index contributed by atoms with van der Waals surface area (Å²) in [5.41, 5.74) is 3.75. The number of carbonyl (C=O) groups excluding carboxylic acids is 2. The fourth-order valence-electron chi connectivity index (χ4n) is 3.51. The molecule has 0 saturated carbocycles. The van der Waals surface area contributed by atoms with E-state index >= 15 is 0 Å². The molecule has 1 N–H and O–H groups in total. The number of nitrogens with zero attached hydrogens (tertiary/aromatic N) is 2. The molecular formula is C21H25N3O2. The van der Waals surface area contributed by atoms with Crippen molar-refractivity contribution in [1.82, 2.24) is 10.3 Å². The molecule has 0 fully saturated rings. The molecular weight excluding hydrogens is 326 g/mol. The molecule has 0 aliphatic carbocycles. The lowest BCUT2D eigenvalue weighted by Gasteiger charge is -2.21. The highest BCUT2D eigenvalue weighted by atomic mass is 16.2. The summed E-state index contributed by atoms with van der Waals surface area (Å²) in [4.78, 5) is 30.2. The zero-order chi connectivity index (χ0) is 18.7. The zero-order valence-corrected chi connectivity index (χ0v) is 15.5. The van der Waals surface area contributed by atoms with Crippen molar-refractivity contribution in [2.24, 2.45) is 5.92 Å². The Kier molecular flexibility index (Phi) is 5.35. The number of rotatable bonds is 5. The van der Waals surface area contributed by atoms with Crippen LogP contribution in [0.5, 0.6) is 0 Å². The molecule has 5 nitrogen and oxygen atoms in total. The predicted octanol–water partition coefficient (Wildman–Crippen LogP) is 3.16. The highest BCUT2D eigenvalue weighted by molar-refractivity contribution is 5.97. The molecule has 1 atom stereocenters. The molecule has 1 aliphatic heterocycles. The van der Waals surface area contributed by atoms with Crippen LogP contribution in [0.2, 0.25) is 0 Å². The first-order valence-corrected chi connectivity index (χ1v) is 9.06. The average Bonchev–Trinajstić information content (AvgIpc) is 3.05. The second kappa shape index (κ2) is 7.68. The predicted molar refractivity (Wildman–Crippen MR) is 102 cm³/mol. The van der Waals surface area contributed by atoms with Gasteiger partial charge in [-0.05, 0) is 47.7 Å². The highest BCUT2D eigenvalue weighted by Crippen LogP contribution is 2.29. The van der Waals surface area contributed by atoms with Gasteiger partial charge in [-0.15, -0.1) is 0 Å². The van der Waals surface area contributed by atoms with Crippen LogP contribution in [0.4, 0.5) is 5.69 Å². The van der Waals surface area contributed by atoms with E-state index in [-0.39, 0.29) is 17.7 Å². The number of fused-ring (bicyclic) bond motifs is 1. The highest BCUT2D eigenvalue weighted by Gasteiger charge is 2.23. The molecule has 1 unspecified atom stereocenters. The normalized spacial score (nSPS) is 14.2. The lowest BCUT2D eigenvalue weighted by Crippen LogP contribution is -2.30. The number of carbonyl (C=O) groups is 2. The first kappa shape index (κ1) is 18.1.